The molecule has 0 saturated carbocycles. The molecule has 0 atom stereocenters. The van der Waals surface area contributed by atoms with Gasteiger partial charge in [-0.25, -0.2) is 4.98 Å². The van der Waals surface area contributed by atoms with Crippen LogP contribution in [0.1, 0.15) is 21.7 Å². The first-order valence-corrected chi connectivity index (χ1v) is 10.4. The molecule has 3 aromatic carbocycles. The minimum Gasteiger partial charge on any atom is -0.493 e. The maximum Gasteiger partial charge on any atom is 0.387 e. The van der Waals surface area contributed by atoms with Gasteiger partial charge in [0.05, 0.1) is 23.7 Å². The van der Waals surface area contributed by atoms with Gasteiger partial charge in [0.2, 0.25) is 0 Å². The van der Waals surface area contributed by atoms with E-state index in [0.717, 1.165) is 22.0 Å². The van der Waals surface area contributed by atoms with Crippen molar-refractivity contribution in [2.45, 2.75) is 6.61 Å². The topological polar surface area (TPSA) is 80.0 Å². The molecule has 0 bridgehead atoms. The molecule has 0 amide bonds. The van der Waals surface area contributed by atoms with Crippen LogP contribution in [0.2, 0.25) is 0 Å². The molecule has 5 aromatic rings. The zero-order chi connectivity index (χ0) is 23.7. The molecule has 170 valence electrons. The number of H-pyrrole nitrogens is 2. The molecular weight excluding hydrogens is 440 g/mol. The number of rotatable bonds is 7. The van der Waals surface area contributed by atoms with Crippen LogP contribution >= 0.6 is 0 Å². The van der Waals surface area contributed by atoms with Gasteiger partial charge in [-0.05, 0) is 42.5 Å². The lowest BCUT2D eigenvalue weighted by molar-refractivity contribution is -0.0512. The molecule has 6 nitrogen and oxygen atoms in total. The Morgan fingerprint density at radius 1 is 1.00 bits per heavy atom. The van der Waals surface area contributed by atoms with Crippen LogP contribution in [0, 0.1) is 0 Å². The quantitative estimate of drug-likeness (QED) is 0.228. The summed E-state index contributed by atoms with van der Waals surface area (Å²) in [6, 6.07) is 19.3. The van der Waals surface area contributed by atoms with Crippen LogP contribution in [0.3, 0.4) is 0 Å². The number of ketones is 1. The number of Topliss-reactive ketones (excluding diaryl/α,β-unsaturated/α-hetero) is 1. The molecule has 0 aliphatic carbocycles. The van der Waals surface area contributed by atoms with Crippen LogP contribution in [0.4, 0.5) is 8.78 Å². The summed E-state index contributed by atoms with van der Waals surface area (Å²) in [6.07, 6.45) is 3.58. The van der Waals surface area contributed by atoms with E-state index in [-0.39, 0.29) is 22.8 Å². The summed E-state index contributed by atoms with van der Waals surface area (Å²) >= 11 is 0. The fourth-order valence-electron chi connectivity index (χ4n) is 3.85. The van der Waals surface area contributed by atoms with Gasteiger partial charge in [0.15, 0.2) is 17.3 Å². The highest BCUT2D eigenvalue weighted by atomic mass is 19.3. The number of alkyl halides is 2. The molecule has 34 heavy (non-hydrogen) atoms. The van der Waals surface area contributed by atoms with Gasteiger partial charge >= 0.3 is 6.61 Å². The Hall–Kier alpha value is -4.46. The average molecular weight is 459 g/mol. The Labute approximate surface area is 192 Å². The average Bonchev–Trinajstić information content (AvgIpc) is 3.46. The number of ether oxygens (including phenoxy) is 2. The maximum atomic E-state index is 13.7. The normalized spacial score (nSPS) is 11.9. The number of nitrogens with one attached hydrogen (secondary N) is 2. The maximum absolute atomic E-state index is 13.7. The van der Waals surface area contributed by atoms with Crippen molar-refractivity contribution in [2.75, 3.05) is 7.11 Å². The second kappa shape index (κ2) is 8.82. The second-order valence-electron chi connectivity index (χ2n) is 7.52. The van der Waals surface area contributed by atoms with Crippen LogP contribution < -0.4 is 9.47 Å². The molecule has 8 heteroatoms. The number of fused-ring (bicyclic) bond motifs is 2. The number of nitrogens with zero attached hydrogens (tertiary/aromatic N) is 1. The number of imidazole rings is 1. The Morgan fingerprint density at radius 2 is 1.76 bits per heavy atom. The Kier molecular flexibility index (Phi) is 5.55. The fraction of sp³-hybridized carbons (Fsp3) is 0.0769. The number of aromatic nitrogens is 3. The molecule has 0 aliphatic heterocycles. The van der Waals surface area contributed by atoms with Gasteiger partial charge in [0.1, 0.15) is 5.82 Å². The fourth-order valence-corrected chi connectivity index (χ4v) is 3.85. The highest BCUT2D eigenvalue weighted by Gasteiger charge is 2.21. The molecule has 2 aromatic heterocycles. The number of methoxy groups -OCH3 is 1. The third kappa shape index (κ3) is 4.01. The summed E-state index contributed by atoms with van der Waals surface area (Å²) in [5, 5.41) is 0.946. The standard InChI is InChI=1S/C26H19F2N3O3/c1-33-23-13-15(10-11-22(23)34-26(27)28)24(32)18(25-30-20-8-4-5-9-21(20)31-25)12-16-14-29-19-7-3-2-6-17(16)19/h2-14,26,29H,1H3,(H,30,31)/b18-12-. The second-order valence-corrected chi connectivity index (χ2v) is 7.52. The number of aromatic amines is 2. The van der Waals surface area contributed by atoms with Crippen molar-refractivity contribution in [3.8, 4) is 11.5 Å². The van der Waals surface area contributed by atoms with E-state index >= 15 is 0 Å². The number of hydrogen-bond donors (Lipinski definition) is 2. The predicted molar refractivity (Wildman–Crippen MR) is 126 cm³/mol. The van der Waals surface area contributed by atoms with E-state index in [0.29, 0.717) is 16.9 Å². The highest BCUT2D eigenvalue weighted by Crippen LogP contribution is 2.32. The van der Waals surface area contributed by atoms with Crippen LogP contribution in [0.25, 0.3) is 33.6 Å². The van der Waals surface area contributed by atoms with E-state index in [9.17, 15) is 13.6 Å². The Morgan fingerprint density at radius 3 is 2.53 bits per heavy atom. The summed E-state index contributed by atoms with van der Waals surface area (Å²) < 4.78 is 35.1. The van der Waals surface area contributed by atoms with Crippen molar-refractivity contribution in [1.29, 1.82) is 0 Å². The van der Waals surface area contributed by atoms with Crippen LogP contribution in [-0.2, 0) is 0 Å². The van der Waals surface area contributed by atoms with E-state index in [2.05, 4.69) is 19.7 Å². The molecule has 0 aliphatic rings. The number of para-hydroxylation sites is 3. The minimum atomic E-state index is -3.01. The monoisotopic (exact) mass is 459 g/mol. The minimum absolute atomic E-state index is 0.0298. The largest absolute Gasteiger partial charge is 0.493 e. The van der Waals surface area contributed by atoms with Gasteiger partial charge in [-0.3, -0.25) is 4.79 Å². The van der Waals surface area contributed by atoms with E-state index in [1.807, 2.05) is 54.7 Å². The SMILES string of the molecule is COc1cc(C(=O)/C(=C/c2c[nH]c3ccccc23)c2nc3ccccc3[nH]2)ccc1OC(F)F. The first-order valence-electron chi connectivity index (χ1n) is 10.4. The summed E-state index contributed by atoms with van der Waals surface area (Å²) in [4.78, 5) is 24.7. The molecule has 2 N–H and O–H groups in total. The number of carbonyl (C=O) groups is 1. The van der Waals surface area contributed by atoms with Crippen LogP contribution in [0.15, 0.2) is 72.9 Å². The van der Waals surface area contributed by atoms with Gasteiger partial charge in [0.25, 0.3) is 0 Å². The van der Waals surface area contributed by atoms with E-state index in [1.54, 1.807) is 6.08 Å². The number of hydrogen-bond acceptors (Lipinski definition) is 4. The number of carbonyl (C=O) groups excluding carboxylic acids is 1. The van der Waals surface area contributed by atoms with Crippen molar-refractivity contribution in [2.24, 2.45) is 0 Å². The number of allylic oxidation sites excluding steroid dienone is 1. The van der Waals surface area contributed by atoms with Gasteiger partial charge in [-0.15, -0.1) is 0 Å². The molecule has 0 fully saturated rings. The van der Waals surface area contributed by atoms with Gasteiger partial charge < -0.3 is 19.4 Å². The van der Waals surface area contributed by atoms with Crippen molar-refractivity contribution < 1.29 is 23.0 Å². The van der Waals surface area contributed by atoms with Crippen molar-refractivity contribution in [3.63, 3.8) is 0 Å². The zero-order valence-electron chi connectivity index (χ0n) is 18.0. The summed E-state index contributed by atoms with van der Waals surface area (Å²) in [5.41, 5.74) is 3.79. The zero-order valence-corrected chi connectivity index (χ0v) is 18.0. The first kappa shape index (κ1) is 21.4. The van der Waals surface area contributed by atoms with Crippen LogP contribution in [0.5, 0.6) is 11.5 Å². The van der Waals surface area contributed by atoms with Gasteiger partial charge in [-0.2, -0.15) is 8.78 Å². The number of benzene rings is 3. The molecule has 2 heterocycles. The molecule has 5 rings (SSSR count). The van der Waals surface area contributed by atoms with Gasteiger partial charge in [-0.1, -0.05) is 30.3 Å². The summed E-state index contributed by atoms with van der Waals surface area (Å²) in [5.74, 6) is -0.0864. The molecule has 0 saturated heterocycles. The predicted octanol–water partition coefficient (Wildman–Crippen LogP) is 6.08. The lowest BCUT2D eigenvalue weighted by Crippen LogP contribution is -2.07. The molecule has 0 unspecified atom stereocenters. The first-order chi connectivity index (χ1) is 16.5. The Bertz CT molecular complexity index is 1500. The Balaban J connectivity index is 1.64. The van der Waals surface area contributed by atoms with Crippen LogP contribution in [-0.4, -0.2) is 34.5 Å². The van der Waals surface area contributed by atoms with E-state index in [1.165, 1.54) is 25.3 Å². The lowest BCUT2D eigenvalue weighted by atomic mass is 9.99. The lowest BCUT2D eigenvalue weighted by Gasteiger charge is -2.11. The number of halogens is 2. The molecule has 0 spiro atoms. The third-order valence-corrected chi connectivity index (χ3v) is 5.45. The highest BCUT2D eigenvalue weighted by molar-refractivity contribution is 6.32. The molecular formula is C26H19F2N3O3. The van der Waals surface area contributed by atoms with Gasteiger partial charge in [0, 0.05) is 28.2 Å². The summed E-state index contributed by atoms with van der Waals surface area (Å²) in [7, 11) is 1.32. The summed E-state index contributed by atoms with van der Waals surface area (Å²) in [6.45, 7) is -3.01. The van der Waals surface area contributed by atoms with Crippen molar-refractivity contribution >= 4 is 39.4 Å². The van der Waals surface area contributed by atoms with Crippen molar-refractivity contribution in [1.82, 2.24) is 15.0 Å². The smallest absolute Gasteiger partial charge is 0.387 e. The third-order valence-electron chi connectivity index (χ3n) is 5.45. The molecule has 0 radical (unpaired) electrons. The van der Waals surface area contributed by atoms with E-state index < -0.39 is 6.61 Å². The van der Waals surface area contributed by atoms with E-state index in [4.69, 9.17) is 4.74 Å². The van der Waals surface area contributed by atoms with Crippen molar-refractivity contribution in [3.05, 3.63) is 89.9 Å².